The third-order valence-corrected chi connectivity index (χ3v) is 3.09. The van der Waals surface area contributed by atoms with E-state index in [1.54, 1.807) is 0 Å². The molecule has 1 rings (SSSR count). The van der Waals surface area contributed by atoms with E-state index >= 15 is 0 Å². The zero-order chi connectivity index (χ0) is 12.0. The van der Waals surface area contributed by atoms with E-state index < -0.39 is 5.97 Å². The maximum atomic E-state index is 13.3. The smallest absolute Gasteiger partial charge is 0.335 e. The van der Waals surface area contributed by atoms with Gasteiger partial charge in [-0.2, -0.15) is 11.8 Å². The fourth-order valence-corrected chi connectivity index (χ4v) is 2.09. The molecule has 88 valence electrons. The summed E-state index contributed by atoms with van der Waals surface area (Å²) in [7, 11) is 0. The van der Waals surface area contributed by atoms with Crippen LogP contribution in [0.5, 0.6) is 0 Å². The number of carboxylic acid groups (broad SMARTS) is 1. The summed E-state index contributed by atoms with van der Waals surface area (Å²) in [6, 6.07) is 3.77. The van der Waals surface area contributed by atoms with Crippen LogP contribution in [0, 0.1) is 5.82 Å². The van der Waals surface area contributed by atoms with Crippen molar-refractivity contribution in [2.75, 3.05) is 12.4 Å². The molecule has 0 saturated heterocycles. The fourth-order valence-electron chi connectivity index (χ4n) is 1.17. The second kappa shape index (κ2) is 6.50. The molecular formula is C11H13FO3S. The van der Waals surface area contributed by atoms with Crippen molar-refractivity contribution in [1.82, 2.24) is 0 Å². The minimum absolute atomic E-state index is 0.0964. The Morgan fingerprint density at radius 1 is 1.44 bits per heavy atom. The first kappa shape index (κ1) is 13.0. The molecular weight excluding hydrogens is 231 g/mol. The molecule has 0 atom stereocenters. The first-order valence-electron chi connectivity index (χ1n) is 4.85. The molecule has 0 aliphatic carbocycles. The van der Waals surface area contributed by atoms with Crippen LogP contribution < -0.4 is 0 Å². The highest BCUT2D eigenvalue weighted by molar-refractivity contribution is 7.98. The Hall–Kier alpha value is -1.07. The second-order valence-electron chi connectivity index (χ2n) is 3.24. The van der Waals surface area contributed by atoms with E-state index in [0.29, 0.717) is 17.7 Å². The van der Waals surface area contributed by atoms with Gasteiger partial charge in [0.1, 0.15) is 5.82 Å². The molecule has 0 bridgehead atoms. The minimum atomic E-state index is -1.05. The zero-order valence-corrected chi connectivity index (χ0v) is 9.47. The van der Waals surface area contributed by atoms with Crippen LogP contribution in [0.1, 0.15) is 22.3 Å². The predicted molar refractivity (Wildman–Crippen MR) is 61.2 cm³/mol. The standard InChI is InChI=1S/C11H13FO3S/c12-10-3-2-8(11(14)15)6-9(10)7-16-5-1-4-13/h2-3,6,13H,1,4-5,7H2,(H,14,15). The van der Waals surface area contributed by atoms with Gasteiger partial charge in [0.15, 0.2) is 0 Å². The van der Waals surface area contributed by atoms with Crippen molar-refractivity contribution in [1.29, 1.82) is 0 Å². The van der Waals surface area contributed by atoms with Crippen LogP contribution in [-0.4, -0.2) is 28.5 Å². The highest BCUT2D eigenvalue weighted by Gasteiger charge is 2.08. The van der Waals surface area contributed by atoms with Crippen LogP contribution in [0.25, 0.3) is 0 Å². The Morgan fingerprint density at radius 2 is 2.19 bits per heavy atom. The molecule has 1 aromatic rings. The molecule has 0 radical (unpaired) electrons. The minimum Gasteiger partial charge on any atom is -0.478 e. The number of carboxylic acids is 1. The monoisotopic (exact) mass is 244 g/mol. The average molecular weight is 244 g/mol. The van der Waals surface area contributed by atoms with E-state index in [9.17, 15) is 9.18 Å². The van der Waals surface area contributed by atoms with E-state index in [1.165, 1.54) is 30.0 Å². The Labute approximate surface area is 97.3 Å². The Morgan fingerprint density at radius 3 is 2.81 bits per heavy atom. The second-order valence-corrected chi connectivity index (χ2v) is 4.35. The lowest BCUT2D eigenvalue weighted by Crippen LogP contribution is -1.99. The topological polar surface area (TPSA) is 57.5 Å². The van der Waals surface area contributed by atoms with Crippen molar-refractivity contribution in [2.24, 2.45) is 0 Å². The number of halogens is 1. The van der Waals surface area contributed by atoms with Gasteiger partial charge in [-0.25, -0.2) is 9.18 Å². The largest absolute Gasteiger partial charge is 0.478 e. The SMILES string of the molecule is O=C(O)c1ccc(F)c(CSCCCO)c1. The first-order valence-corrected chi connectivity index (χ1v) is 6.01. The van der Waals surface area contributed by atoms with E-state index in [-0.39, 0.29) is 18.0 Å². The molecule has 0 spiro atoms. The van der Waals surface area contributed by atoms with E-state index in [4.69, 9.17) is 10.2 Å². The Kier molecular flexibility index (Phi) is 5.28. The van der Waals surface area contributed by atoms with Crippen molar-refractivity contribution in [3.63, 3.8) is 0 Å². The van der Waals surface area contributed by atoms with Crippen molar-refractivity contribution in [3.8, 4) is 0 Å². The number of rotatable bonds is 6. The van der Waals surface area contributed by atoms with Gasteiger partial charge in [0.2, 0.25) is 0 Å². The van der Waals surface area contributed by atoms with Crippen LogP contribution in [-0.2, 0) is 5.75 Å². The lowest BCUT2D eigenvalue weighted by Gasteiger charge is -2.04. The molecule has 0 aliphatic heterocycles. The molecule has 2 N–H and O–H groups in total. The van der Waals surface area contributed by atoms with Gasteiger partial charge < -0.3 is 10.2 Å². The van der Waals surface area contributed by atoms with E-state index in [2.05, 4.69) is 0 Å². The number of aromatic carboxylic acids is 1. The van der Waals surface area contributed by atoms with E-state index in [1.807, 2.05) is 0 Å². The van der Waals surface area contributed by atoms with Gasteiger partial charge in [0, 0.05) is 12.4 Å². The molecule has 0 unspecified atom stereocenters. The third-order valence-electron chi connectivity index (χ3n) is 2.00. The van der Waals surface area contributed by atoms with Gasteiger partial charge in [0.05, 0.1) is 5.56 Å². The quantitative estimate of drug-likeness (QED) is 0.753. The predicted octanol–water partition coefficient (Wildman–Crippen LogP) is 2.14. The van der Waals surface area contributed by atoms with Crippen molar-refractivity contribution in [2.45, 2.75) is 12.2 Å². The molecule has 0 heterocycles. The first-order chi connectivity index (χ1) is 7.65. The summed E-state index contributed by atoms with van der Waals surface area (Å²) in [4.78, 5) is 10.7. The normalized spacial score (nSPS) is 10.4. The summed E-state index contributed by atoms with van der Waals surface area (Å²) < 4.78 is 13.3. The number of thioether (sulfide) groups is 1. The van der Waals surface area contributed by atoms with Gasteiger partial charge in [-0.3, -0.25) is 0 Å². The maximum Gasteiger partial charge on any atom is 0.335 e. The van der Waals surface area contributed by atoms with Gasteiger partial charge in [-0.1, -0.05) is 0 Å². The van der Waals surface area contributed by atoms with Gasteiger partial charge in [-0.15, -0.1) is 0 Å². The Bertz CT molecular complexity index is 368. The summed E-state index contributed by atoms with van der Waals surface area (Å²) in [6.45, 7) is 0.116. The van der Waals surface area contributed by atoms with Crippen molar-refractivity contribution >= 4 is 17.7 Å². The molecule has 5 heteroatoms. The molecule has 0 aliphatic rings. The average Bonchev–Trinajstić information content (AvgIpc) is 2.26. The number of aliphatic hydroxyl groups excluding tert-OH is 1. The van der Waals surface area contributed by atoms with Crippen molar-refractivity contribution in [3.05, 3.63) is 35.1 Å². The zero-order valence-electron chi connectivity index (χ0n) is 8.65. The summed E-state index contributed by atoms with van der Waals surface area (Å²) in [6.07, 6.45) is 0.658. The molecule has 1 aromatic carbocycles. The Balaban J connectivity index is 2.63. The van der Waals surface area contributed by atoms with Crippen LogP contribution >= 0.6 is 11.8 Å². The highest BCUT2D eigenvalue weighted by atomic mass is 32.2. The van der Waals surface area contributed by atoms with Gasteiger partial charge >= 0.3 is 5.97 Å². The van der Waals surface area contributed by atoms with Gasteiger partial charge in [-0.05, 0) is 35.9 Å². The lowest BCUT2D eigenvalue weighted by molar-refractivity contribution is 0.0696. The maximum absolute atomic E-state index is 13.3. The molecule has 0 fully saturated rings. The van der Waals surface area contributed by atoms with Crippen molar-refractivity contribution < 1.29 is 19.4 Å². The third kappa shape index (κ3) is 3.83. The van der Waals surface area contributed by atoms with Crippen LogP contribution in [0.3, 0.4) is 0 Å². The van der Waals surface area contributed by atoms with E-state index in [0.717, 1.165) is 5.75 Å². The van der Waals surface area contributed by atoms with Gasteiger partial charge in [0.25, 0.3) is 0 Å². The summed E-state index contributed by atoms with van der Waals surface area (Å²) in [5.41, 5.74) is 0.488. The summed E-state index contributed by atoms with van der Waals surface area (Å²) >= 11 is 1.47. The molecule has 0 saturated carbocycles. The fraction of sp³-hybridized carbons (Fsp3) is 0.364. The molecule has 16 heavy (non-hydrogen) atoms. The number of carbonyl (C=O) groups is 1. The molecule has 0 amide bonds. The summed E-state index contributed by atoms with van der Waals surface area (Å²) in [5, 5.41) is 17.3. The number of hydrogen-bond acceptors (Lipinski definition) is 3. The highest BCUT2D eigenvalue weighted by Crippen LogP contribution is 2.18. The van der Waals surface area contributed by atoms with Crippen LogP contribution in [0.2, 0.25) is 0 Å². The molecule has 0 aromatic heterocycles. The lowest BCUT2D eigenvalue weighted by atomic mass is 10.1. The number of hydrogen-bond donors (Lipinski definition) is 2. The summed E-state index contributed by atoms with van der Waals surface area (Å²) in [5.74, 6) is -0.289. The molecule has 3 nitrogen and oxygen atoms in total. The number of aliphatic hydroxyl groups is 1. The van der Waals surface area contributed by atoms with Crippen LogP contribution in [0.4, 0.5) is 4.39 Å². The van der Waals surface area contributed by atoms with Crippen LogP contribution in [0.15, 0.2) is 18.2 Å². The number of benzene rings is 1.